The summed E-state index contributed by atoms with van der Waals surface area (Å²) in [7, 11) is 0. The molecule has 2 aromatic rings. The van der Waals surface area contributed by atoms with Crippen molar-refractivity contribution in [1.82, 2.24) is 30.9 Å². The number of hydrazone groups is 1. The summed E-state index contributed by atoms with van der Waals surface area (Å²) >= 11 is 0. The third-order valence-electron chi connectivity index (χ3n) is 6.21. The molecule has 0 aliphatic rings. The fourth-order valence-corrected chi connectivity index (χ4v) is 4.11. The van der Waals surface area contributed by atoms with Crippen LogP contribution in [-0.4, -0.2) is 74.5 Å². The molecule has 14 nitrogen and oxygen atoms in total. The highest BCUT2D eigenvalue weighted by Gasteiger charge is 2.32. The third-order valence-corrected chi connectivity index (χ3v) is 6.21. The molecule has 1 heterocycles. The number of amides is 4. The molecule has 0 bridgehead atoms. The Morgan fingerprint density at radius 1 is 0.809 bits per heavy atom. The highest BCUT2D eigenvalue weighted by Crippen LogP contribution is 2.12. The second-order valence-corrected chi connectivity index (χ2v) is 13.7. The zero-order chi connectivity index (χ0) is 35.5. The van der Waals surface area contributed by atoms with Crippen LogP contribution in [0.4, 0.5) is 9.59 Å². The largest absolute Gasteiger partial charge is 0.444 e. The van der Waals surface area contributed by atoms with E-state index in [1.54, 1.807) is 93.5 Å². The van der Waals surface area contributed by atoms with Gasteiger partial charge in [0.2, 0.25) is 11.8 Å². The molecule has 0 saturated heterocycles. The van der Waals surface area contributed by atoms with Crippen LogP contribution in [0.3, 0.4) is 0 Å². The number of nitrogens with zero attached hydrogens (tertiary/aromatic N) is 3. The summed E-state index contributed by atoms with van der Waals surface area (Å²) in [6.45, 7) is 17.2. The molecule has 14 heteroatoms. The zero-order valence-electron chi connectivity index (χ0n) is 29.0. The third kappa shape index (κ3) is 14.1. The van der Waals surface area contributed by atoms with E-state index in [2.05, 4.69) is 31.5 Å². The lowest BCUT2D eigenvalue weighted by molar-refractivity contribution is -0.133. The molecular formula is C33H49N7O7. The van der Waals surface area contributed by atoms with Crippen LogP contribution < -0.4 is 21.4 Å². The van der Waals surface area contributed by atoms with Gasteiger partial charge in [-0.05, 0) is 66.9 Å². The van der Waals surface area contributed by atoms with Crippen molar-refractivity contribution >= 4 is 35.6 Å². The van der Waals surface area contributed by atoms with E-state index in [1.165, 1.54) is 12.5 Å². The zero-order valence-corrected chi connectivity index (χ0v) is 29.0. The first-order valence-electron chi connectivity index (χ1n) is 15.4. The molecular weight excluding hydrogens is 606 g/mol. The van der Waals surface area contributed by atoms with E-state index in [1.807, 2.05) is 6.07 Å². The average Bonchev–Trinajstić information content (AvgIpc) is 3.41. The van der Waals surface area contributed by atoms with E-state index < -0.39 is 59.2 Å². The van der Waals surface area contributed by atoms with Crippen LogP contribution in [0.2, 0.25) is 0 Å². The second-order valence-electron chi connectivity index (χ2n) is 13.7. The SMILES string of the molecule is CC(C)=NNC(=O)[C@@H](Cc1cn(C(=O)OC(C)(C)C)cn1)NC(=O)[C@@H](Cc1ccccc1)NC(=O)[C@H](NC(=O)OC(C)(C)C)C(C)C. The number of nitrogens with one attached hydrogen (secondary N) is 4. The maximum atomic E-state index is 13.8. The molecule has 47 heavy (non-hydrogen) atoms. The van der Waals surface area contributed by atoms with Crippen molar-refractivity contribution in [2.45, 2.75) is 111 Å². The van der Waals surface area contributed by atoms with Crippen LogP contribution >= 0.6 is 0 Å². The Morgan fingerprint density at radius 3 is 1.94 bits per heavy atom. The molecule has 0 spiro atoms. The Kier molecular flexibility index (Phi) is 13.7. The minimum atomic E-state index is -1.19. The standard InChI is InChI=1S/C33H49N7O7/c1-20(2)26(37-30(44)46-32(5,6)7)29(43)36-24(16-22-14-12-11-13-15-22)27(41)35-25(28(42)39-38-21(3)4)17-23-18-40(19-34-23)31(45)47-33(8,9)10/h11-15,18-20,24-26H,16-17H2,1-10H3,(H,35,41)(H,36,43)(H,37,44)(H,39,42)/t24-,25-,26-/m1/s1. The minimum absolute atomic E-state index is 0.0868. The number of hydrogen-bond acceptors (Lipinski definition) is 9. The number of aromatic nitrogens is 2. The van der Waals surface area contributed by atoms with Crippen LogP contribution in [0.25, 0.3) is 0 Å². The van der Waals surface area contributed by atoms with Gasteiger partial charge in [-0.2, -0.15) is 5.10 Å². The Hall–Kier alpha value is -4.75. The van der Waals surface area contributed by atoms with Gasteiger partial charge < -0.3 is 25.4 Å². The Bertz CT molecular complexity index is 1420. The van der Waals surface area contributed by atoms with Crippen LogP contribution in [0.1, 0.15) is 80.5 Å². The molecule has 0 fully saturated rings. The first kappa shape index (κ1) is 38.4. The maximum absolute atomic E-state index is 13.8. The summed E-state index contributed by atoms with van der Waals surface area (Å²) in [6.07, 6.45) is 1.22. The van der Waals surface area contributed by atoms with Crippen molar-refractivity contribution in [3.63, 3.8) is 0 Å². The fourth-order valence-electron chi connectivity index (χ4n) is 4.11. The molecule has 258 valence electrons. The maximum Gasteiger partial charge on any atom is 0.419 e. The summed E-state index contributed by atoms with van der Waals surface area (Å²) in [5.41, 5.74) is 2.56. The van der Waals surface area contributed by atoms with Gasteiger partial charge in [-0.15, -0.1) is 0 Å². The van der Waals surface area contributed by atoms with Gasteiger partial charge in [-0.3, -0.25) is 14.4 Å². The molecule has 4 amide bonds. The van der Waals surface area contributed by atoms with E-state index in [-0.39, 0.29) is 18.8 Å². The van der Waals surface area contributed by atoms with E-state index >= 15 is 0 Å². The normalized spacial score (nSPS) is 13.4. The van der Waals surface area contributed by atoms with Gasteiger partial charge in [0.05, 0.1) is 5.69 Å². The van der Waals surface area contributed by atoms with Gasteiger partial charge in [0.25, 0.3) is 5.91 Å². The van der Waals surface area contributed by atoms with Crippen molar-refractivity contribution in [1.29, 1.82) is 0 Å². The van der Waals surface area contributed by atoms with Crippen LogP contribution in [-0.2, 0) is 36.7 Å². The molecule has 0 aliphatic heterocycles. The topological polar surface area (TPSA) is 182 Å². The summed E-state index contributed by atoms with van der Waals surface area (Å²) in [6, 6.07) is 5.68. The fraction of sp³-hybridized carbons (Fsp3) is 0.545. The molecule has 4 N–H and O–H groups in total. The van der Waals surface area contributed by atoms with Crippen molar-refractivity contribution in [2.75, 3.05) is 0 Å². The quantitative estimate of drug-likeness (QED) is 0.198. The summed E-state index contributed by atoms with van der Waals surface area (Å²) in [5.74, 6) is -2.25. The summed E-state index contributed by atoms with van der Waals surface area (Å²) in [5, 5.41) is 12.0. The van der Waals surface area contributed by atoms with Crippen molar-refractivity contribution in [2.24, 2.45) is 11.0 Å². The molecule has 0 radical (unpaired) electrons. The lowest BCUT2D eigenvalue weighted by atomic mass is 10.0. The molecule has 1 aromatic heterocycles. The second kappa shape index (κ2) is 16.7. The average molecular weight is 656 g/mol. The first-order chi connectivity index (χ1) is 21.7. The Balaban J connectivity index is 2.36. The first-order valence-corrected chi connectivity index (χ1v) is 15.4. The highest BCUT2D eigenvalue weighted by atomic mass is 16.6. The van der Waals surface area contributed by atoms with Crippen LogP contribution in [0.5, 0.6) is 0 Å². The number of imidazole rings is 1. The molecule has 2 rings (SSSR count). The van der Waals surface area contributed by atoms with Crippen molar-refractivity contribution < 1.29 is 33.4 Å². The number of ether oxygens (including phenoxy) is 2. The number of alkyl carbamates (subject to hydrolysis) is 1. The highest BCUT2D eigenvalue weighted by molar-refractivity contribution is 5.94. The number of carbonyl (C=O) groups excluding carboxylic acids is 5. The van der Waals surface area contributed by atoms with E-state index in [4.69, 9.17) is 9.47 Å². The van der Waals surface area contributed by atoms with Crippen molar-refractivity contribution in [3.05, 3.63) is 54.1 Å². The van der Waals surface area contributed by atoms with Gasteiger partial charge in [-0.25, -0.2) is 24.6 Å². The smallest absolute Gasteiger partial charge is 0.419 e. The van der Waals surface area contributed by atoms with Crippen LogP contribution in [0.15, 0.2) is 48.0 Å². The van der Waals surface area contributed by atoms with E-state index in [0.29, 0.717) is 11.4 Å². The van der Waals surface area contributed by atoms with Crippen molar-refractivity contribution in [3.8, 4) is 0 Å². The van der Waals surface area contributed by atoms with Gasteiger partial charge in [-0.1, -0.05) is 44.2 Å². The van der Waals surface area contributed by atoms with E-state index in [9.17, 15) is 24.0 Å². The van der Waals surface area contributed by atoms with Gasteiger partial charge in [0.15, 0.2) is 0 Å². The summed E-state index contributed by atoms with van der Waals surface area (Å²) in [4.78, 5) is 69.9. The molecule has 1 aromatic carbocycles. The molecule has 0 unspecified atom stereocenters. The minimum Gasteiger partial charge on any atom is -0.444 e. The number of carbonyl (C=O) groups is 5. The number of hydrogen-bond donors (Lipinski definition) is 4. The van der Waals surface area contributed by atoms with Crippen LogP contribution in [0, 0.1) is 5.92 Å². The predicted octanol–water partition coefficient (Wildman–Crippen LogP) is 3.48. The Labute approximate surface area is 276 Å². The lowest BCUT2D eigenvalue weighted by Crippen LogP contribution is -2.58. The monoisotopic (exact) mass is 655 g/mol. The predicted molar refractivity (Wildman–Crippen MR) is 176 cm³/mol. The molecule has 0 saturated carbocycles. The summed E-state index contributed by atoms with van der Waals surface area (Å²) < 4.78 is 11.8. The van der Waals surface area contributed by atoms with E-state index in [0.717, 1.165) is 10.1 Å². The molecule has 0 aliphatic carbocycles. The lowest BCUT2D eigenvalue weighted by Gasteiger charge is -2.27. The molecule has 3 atom stereocenters. The van der Waals surface area contributed by atoms with Gasteiger partial charge in [0.1, 0.15) is 35.7 Å². The number of rotatable bonds is 12. The number of benzene rings is 1. The Morgan fingerprint density at radius 2 is 1.38 bits per heavy atom. The van der Waals surface area contributed by atoms with Gasteiger partial charge in [0, 0.05) is 24.8 Å². The van der Waals surface area contributed by atoms with Gasteiger partial charge >= 0.3 is 12.2 Å².